The van der Waals surface area contributed by atoms with E-state index in [0.29, 0.717) is 24.6 Å². The zero-order chi connectivity index (χ0) is 17.8. The van der Waals surface area contributed by atoms with Gasteiger partial charge in [0, 0.05) is 19.3 Å². The Morgan fingerprint density at radius 1 is 1.24 bits per heavy atom. The summed E-state index contributed by atoms with van der Waals surface area (Å²) in [6.45, 7) is 1.15. The van der Waals surface area contributed by atoms with Gasteiger partial charge in [0.15, 0.2) is 5.82 Å². The Hall–Kier alpha value is -2.76. The number of pyridine rings is 1. The molecule has 1 saturated heterocycles. The van der Waals surface area contributed by atoms with E-state index < -0.39 is 11.8 Å². The van der Waals surface area contributed by atoms with Crippen LogP contribution in [0, 0.1) is 11.7 Å². The number of hydrogen-bond acceptors (Lipinski definition) is 3. The number of benzene rings is 1. The first-order valence-corrected chi connectivity index (χ1v) is 8.25. The summed E-state index contributed by atoms with van der Waals surface area (Å²) >= 11 is 0. The number of carbonyl (C=O) groups excluding carboxylic acids is 1. The Morgan fingerprint density at radius 3 is 2.68 bits per heavy atom. The van der Waals surface area contributed by atoms with Crippen molar-refractivity contribution in [3.8, 4) is 0 Å². The molecule has 1 fully saturated rings. The minimum Gasteiger partial charge on any atom is -0.478 e. The highest BCUT2D eigenvalue weighted by molar-refractivity contribution is 5.94. The maximum absolute atomic E-state index is 13.7. The smallest absolute Gasteiger partial charge is 0.335 e. The van der Waals surface area contributed by atoms with Crippen LogP contribution in [0.15, 0.2) is 42.7 Å². The predicted molar refractivity (Wildman–Crippen MR) is 89.9 cm³/mol. The highest BCUT2D eigenvalue weighted by Gasteiger charge is 2.25. The molecule has 130 valence electrons. The van der Waals surface area contributed by atoms with Gasteiger partial charge in [0.05, 0.1) is 17.3 Å². The summed E-state index contributed by atoms with van der Waals surface area (Å²) in [6.07, 6.45) is 4.88. The van der Waals surface area contributed by atoms with E-state index in [4.69, 9.17) is 5.11 Å². The van der Waals surface area contributed by atoms with E-state index in [-0.39, 0.29) is 11.5 Å². The molecular weight excluding hydrogens is 323 g/mol. The van der Waals surface area contributed by atoms with Crippen LogP contribution < -0.4 is 0 Å². The van der Waals surface area contributed by atoms with Crippen LogP contribution in [-0.4, -0.2) is 40.0 Å². The largest absolute Gasteiger partial charge is 0.478 e. The number of piperidine rings is 1. The number of carboxylic acid groups (broad SMARTS) is 1. The molecular formula is C19H19FN2O3. The second-order valence-electron chi connectivity index (χ2n) is 6.30. The van der Waals surface area contributed by atoms with Crippen molar-refractivity contribution in [2.24, 2.45) is 5.92 Å². The van der Waals surface area contributed by atoms with Crippen molar-refractivity contribution in [1.29, 1.82) is 0 Å². The molecule has 2 heterocycles. The quantitative estimate of drug-likeness (QED) is 0.927. The number of likely N-dealkylation sites (tertiary alicyclic amines) is 1. The van der Waals surface area contributed by atoms with Crippen LogP contribution in [0.4, 0.5) is 4.39 Å². The van der Waals surface area contributed by atoms with Crippen LogP contribution in [0.3, 0.4) is 0 Å². The third-order valence-corrected chi connectivity index (χ3v) is 4.60. The molecule has 1 aromatic carbocycles. The van der Waals surface area contributed by atoms with Crippen LogP contribution in [0.25, 0.3) is 0 Å². The first kappa shape index (κ1) is 17.1. The third kappa shape index (κ3) is 4.02. The lowest BCUT2D eigenvalue weighted by atomic mass is 9.89. The Balaban J connectivity index is 1.59. The molecule has 0 unspecified atom stereocenters. The van der Waals surface area contributed by atoms with Gasteiger partial charge in [-0.2, -0.15) is 0 Å². The lowest BCUT2D eigenvalue weighted by Gasteiger charge is -2.32. The van der Waals surface area contributed by atoms with Gasteiger partial charge in [-0.15, -0.1) is 0 Å². The number of aromatic carboxylic acids is 1. The molecule has 6 heteroatoms. The van der Waals surface area contributed by atoms with Gasteiger partial charge < -0.3 is 10.0 Å². The second-order valence-corrected chi connectivity index (χ2v) is 6.30. The maximum Gasteiger partial charge on any atom is 0.335 e. The van der Waals surface area contributed by atoms with Crippen molar-refractivity contribution in [1.82, 2.24) is 9.88 Å². The van der Waals surface area contributed by atoms with E-state index in [1.54, 1.807) is 23.1 Å². The van der Waals surface area contributed by atoms with E-state index in [0.717, 1.165) is 31.0 Å². The first-order chi connectivity index (χ1) is 12.0. The Labute approximate surface area is 145 Å². The van der Waals surface area contributed by atoms with Crippen molar-refractivity contribution in [3.05, 3.63) is 65.2 Å². The summed E-state index contributed by atoms with van der Waals surface area (Å²) < 4.78 is 13.7. The summed E-state index contributed by atoms with van der Waals surface area (Å²) in [7, 11) is 0. The van der Waals surface area contributed by atoms with Gasteiger partial charge in [-0.25, -0.2) is 9.18 Å². The molecule has 0 saturated carbocycles. The molecule has 3 rings (SSSR count). The molecule has 1 N–H and O–H groups in total. The van der Waals surface area contributed by atoms with Crippen molar-refractivity contribution >= 4 is 11.9 Å². The summed E-state index contributed by atoms with van der Waals surface area (Å²) in [4.78, 5) is 28.8. The van der Waals surface area contributed by atoms with Gasteiger partial charge in [0.1, 0.15) is 0 Å². The van der Waals surface area contributed by atoms with E-state index in [1.165, 1.54) is 12.3 Å². The van der Waals surface area contributed by atoms with Crippen molar-refractivity contribution in [2.45, 2.75) is 19.3 Å². The zero-order valence-electron chi connectivity index (χ0n) is 13.7. The van der Waals surface area contributed by atoms with Gasteiger partial charge in [-0.1, -0.05) is 12.1 Å². The number of halogens is 1. The number of amides is 1. The molecule has 1 aromatic heterocycles. The zero-order valence-corrected chi connectivity index (χ0v) is 13.7. The van der Waals surface area contributed by atoms with E-state index in [2.05, 4.69) is 4.98 Å². The molecule has 1 aliphatic rings. The highest BCUT2D eigenvalue weighted by Crippen LogP contribution is 2.23. The van der Waals surface area contributed by atoms with Crippen LogP contribution in [-0.2, 0) is 6.42 Å². The van der Waals surface area contributed by atoms with Gasteiger partial charge in [0.25, 0.3) is 5.91 Å². The van der Waals surface area contributed by atoms with Gasteiger partial charge in [-0.3, -0.25) is 9.78 Å². The lowest BCUT2D eigenvalue weighted by Crippen LogP contribution is -2.39. The second kappa shape index (κ2) is 7.42. The van der Waals surface area contributed by atoms with Crippen LogP contribution in [0.1, 0.15) is 39.1 Å². The average Bonchev–Trinajstić information content (AvgIpc) is 2.62. The van der Waals surface area contributed by atoms with Gasteiger partial charge >= 0.3 is 5.97 Å². The number of carboxylic acids is 1. The number of hydrogen-bond donors (Lipinski definition) is 1. The number of nitrogens with zero attached hydrogens (tertiary/aromatic N) is 2. The molecule has 1 aliphatic heterocycles. The molecule has 0 atom stereocenters. The van der Waals surface area contributed by atoms with E-state index in [1.807, 2.05) is 6.07 Å². The third-order valence-electron chi connectivity index (χ3n) is 4.60. The topological polar surface area (TPSA) is 70.5 Å². The fourth-order valence-corrected chi connectivity index (χ4v) is 3.22. The van der Waals surface area contributed by atoms with Crippen LogP contribution >= 0.6 is 0 Å². The van der Waals surface area contributed by atoms with Crippen molar-refractivity contribution in [2.75, 3.05) is 13.1 Å². The number of carbonyl (C=O) groups is 2. The summed E-state index contributed by atoms with van der Waals surface area (Å²) in [5.74, 6) is -1.44. The monoisotopic (exact) mass is 342 g/mol. The standard InChI is InChI=1S/C19H19FN2O3/c20-17-12-21-7-4-16(17)18(23)22-8-5-13(6-9-22)10-14-2-1-3-15(11-14)19(24)25/h1-4,7,11-13H,5-6,8-10H2,(H,24,25). The number of rotatable bonds is 4. The summed E-state index contributed by atoms with van der Waals surface area (Å²) in [5, 5.41) is 9.06. The molecule has 0 bridgehead atoms. The Bertz CT molecular complexity index is 786. The summed E-state index contributed by atoms with van der Waals surface area (Å²) in [5.41, 5.74) is 1.34. The fraction of sp³-hybridized carbons (Fsp3) is 0.316. The molecule has 0 radical (unpaired) electrons. The molecule has 5 nitrogen and oxygen atoms in total. The van der Waals surface area contributed by atoms with E-state index in [9.17, 15) is 14.0 Å². The van der Waals surface area contributed by atoms with E-state index >= 15 is 0 Å². The lowest BCUT2D eigenvalue weighted by molar-refractivity contribution is 0.0678. The fourth-order valence-electron chi connectivity index (χ4n) is 3.22. The van der Waals surface area contributed by atoms with Crippen molar-refractivity contribution in [3.63, 3.8) is 0 Å². The van der Waals surface area contributed by atoms with Crippen LogP contribution in [0.2, 0.25) is 0 Å². The minimum atomic E-state index is -0.929. The van der Waals surface area contributed by atoms with Gasteiger partial charge in [0.2, 0.25) is 0 Å². The molecule has 1 amide bonds. The predicted octanol–water partition coefficient (Wildman–Crippen LogP) is 3.01. The molecule has 2 aromatic rings. The average molecular weight is 342 g/mol. The first-order valence-electron chi connectivity index (χ1n) is 8.25. The molecule has 0 aliphatic carbocycles. The van der Waals surface area contributed by atoms with Gasteiger partial charge in [-0.05, 0) is 48.9 Å². The maximum atomic E-state index is 13.7. The molecule has 25 heavy (non-hydrogen) atoms. The Morgan fingerprint density at radius 2 is 2.00 bits per heavy atom. The Kier molecular flexibility index (Phi) is 5.07. The molecule has 0 spiro atoms. The highest BCUT2D eigenvalue weighted by atomic mass is 19.1. The normalized spacial score (nSPS) is 15.2. The summed E-state index contributed by atoms with van der Waals surface area (Å²) in [6, 6.07) is 8.36. The SMILES string of the molecule is O=C(O)c1cccc(CC2CCN(C(=O)c3ccncc3F)CC2)c1. The van der Waals surface area contributed by atoms with Crippen LogP contribution in [0.5, 0.6) is 0 Å². The number of aromatic nitrogens is 1. The minimum absolute atomic E-state index is 0.0580. The van der Waals surface area contributed by atoms with Crippen molar-refractivity contribution < 1.29 is 19.1 Å².